The third-order valence-electron chi connectivity index (χ3n) is 4.42. The molecule has 2 aromatic heterocycles. The lowest BCUT2D eigenvalue weighted by Gasteiger charge is -2.09. The summed E-state index contributed by atoms with van der Waals surface area (Å²) >= 11 is 1.57. The quantitative estimate of drug-likeness (QED) is 0.451. The number of aromatic nitrogens is 2. The Morgan fingerprint density at radius 3 is 2.60 bits per heavy atom. The zero-order chi connectivity index (χ0) is 20.9. The number of carbonyl (C=O) groups excluding carboxylic acids is 1. The van der Waals surface area contributed by atoms with Gasteiger partial charge in [-0.05, 0) is 61.4 Å². The molecule has 0 aliphatic heterocycles. The van der Waals surface area contributed by atoms with E-state index in [0.29, 0.717) is 11.4 Å². The van der Waals surface area contributed by atoms with E-state index >= 15 is 0 Å². The van der Waals surface area contributed by atoms with Crippen molar-refractivity contribution in [3.63, 3.8) is 0 Å². The van der Waals surface area contributed by atoms with Crippen molar-refractivity contribution >= 4 is 22.9 Å². The number of thiazole rings is 1. The van der Waals surface area contributed by atoms with Crippen molar-refractivity contribution in [2.75, 3.05) is 11.9 Å². The number of nitrogens with one attached hydrogen (secondary N) is 1. The van der Waals surface area contributed by atoms with Crippen LogP contribution in [0.25, 0.3) is 21.8 Å². The van der Waals surface area contributed by atoms with Crippen LogP contribution in [0, 0.1) is 13.8 Å². The van der Waals surface area contributed by atoms with Gasteiger partial charge in [0.15, 0.2) is 6.61 Å². The molecule has 4 aromatic rings. The van der Waals surface area contributed by atoms with Crippen LogP contribution in [0.5, 0.6) is 5.75 Å². The van der Waals surface area contributed by atoms with Gasteiger partial charge in [-0.15, -0.1) is 11.3 Å². The predicted molar refractivity (Wildman–Crippen MR) is 121 cm³/mol. The summed E-state index contributed by atoms with van der Waals surface area (Å²) in [5.41, 5.74) is 5.70. The molecule has 2 heterocycles. The lowest BCUT2D eigenvalue weighted by atomic mass is 10.1. The topological polar surface area (TPSA) is 64.1 Å². The fourth-order valence-electron chi connectivity index (χ4n) is 3.15. The van der Waals surface area contributed by atoms with Gasteiger partial charge >= 0.3 is 0 Å². The fourth-order valence-corrected chi connectivity index (χ4v) is 3.97. The van der Waals surface area contributed by atoms with Crippen molar-refractivity contribution in [1.29, 1.82) is 0 Å². The van der Waals surface area contributed by atoms with Gasteiger partial charge in [-0.25, -0.2) is 4.98 Å². The number of benzene rings is 2. The Kier molecular flexibility index (Phi) is 5.86. The van der Waals surface area contributed by atoms with Crippen molar-refractivity contribution in [2.45, 2.75) is 13.8 Å². The normalized spacial score (nSPS) is 10.6. The van der Waals surface area contributed by atoms with Crippen molar-refractivity contribution in [3.05, 3.63) is 83.5 Å². The summed E-state index contributed by atoms with van der Waals surface area (Å²) in [6.07, 6.45) is 3.54. The number of carbonyl (C=O) groups is 1. The summed E-state index contributed by atoms with van der Waals surface area (Å²) in [4.78, 5) is 21.2. The molecule has 150 valence electrons. The van der Waals surface area contributed by atoms with Crippen molar-refractivity contribution in [3.8, 4) is 27.6 Å². The average molecular weight is 416 g/mol. The number of anilines is 1. The first-order chi connectivity index (χ1) is 14.6. The van der Waals surface area contributed by atoms with Crippen molar-refractivity contribution in [1.82, 2.24) is 9.97 Å². The largest absolute Gasteiger partial charge is 0.484 e. The maximum atomic E-state index is 12.3. The molecule has 4 rings (SSSR count). The van der Waals surface area contributed by atoms with Crippen molar-refractivity contribution in [2.24, 2.45) is 0 Å². The van der Waals surface area contributed by atoms with E-state index in [4.69, 9.17) is 9.72 Å². The number of ether oxygens (including phenoxy) is 1. The van der Waals surface area contributed by atoms with Gasteiger partial charge in [0.2, 0.25) is 0 Å². The third-order valence-corrected chi connectivity index (χ3v) is 5.31. The van der Waals surface area contributed by atoms with E-state index in [0.717, 1.165) is 33.0 Å². The monoisotopic (exact) mass is 415 g/mol. The Morgan fingerprint density at radius 1 is 1.03 bits per heavy atom. The smallest absolute Gasteiger partial charge is 0.262 e. The lowest BCUT2D eigenvalue weighted by Crippen LogP contribution is -2.20. The van der Waals surface area contributed by atoms with Crippen molar-refractivity contribution < 1.29 is 9.53 Å². The summed E-state index contributed by atoms with van der Waals surface area (Å²) in [6.45, 7) is 3.96. The van der Waals surface area contributed by atoms with Crippen LogP contribution in [0.4, 0.5) is 5.69 Å². The first kappa shape index (κ1) is 19.8. The van der Waals surface area contributed by atoms with Crippen LogP contribution in [-0.4, -0.2) is 22.5 Å². The molecule has 30 heavy (non-hydrogen) atoms. The number of rotatable bonds is 6. The molecule has 0 radical (unpaired) electrons. The number of amides is 1. The van der Waals surface area contributed by atoms with E-state index in [1.807, 2.05) is 67.8 Å². The predicted octanol–water partition coefficient (Wildman–Crippen LogP) is 5.51. The molecule has 0 aliphatic rings. The van der Waals surface area contributed by atoms with Gasteiger partial charge in [0, 0.05) is 34.6 Å². The van der Waals surface area contributed by atoms with Gasteiger partial charge in [0.05, 0.1) is 5.69 Å². The summed E-state index contributed by atoms with van der Waals surface area (Å²) < 4.78 is 5.64. The highest BCUT2D eigenvalue weighted by molar-refractivity contribution is 7.13. The minimum atomic E-state index is -0.208. The van der Waals surface area contributed by atoms with Crippen LogP contribution in [0.3, 0.4) is 0 Å². The number of pyridine rings is 1. The fraction of sp³-hybridized carbons (Fsp3) is 0.125. The Hall–Kier alpha value is -3.51. The Bertz CT molecular complexity index is 1150. The third kappa shape index (κ3) is 4.90. The number of nitrogens with zero attached hydrogens (tertiary/aromatic N) is 2. The number of aryl methyl sites for hydroxylation is 2. The van der Waals surface area contributed by atoms with Crippen LogP contribution in [0.15, 0.2) is 72.4 Å². The van der Waals surface area contributed by atoms with E-state index in [-0.39, 0.29) is 12.5 Å². The summed E-state index contributed by atoms with van der Waals surface area (Å²) in [7, 11) is 0. The molecule has 0 aliphatic carbocycles. The van der Waals surface area contributed by atoms with Crippen LogP contribution >= 0.6 is 11.3 Å². The first-order valence-electron chi connectivity index (χ1n) is 9.54. The minimum absolute atomic E-state index is 0.0466. The molecule has 6 heteroatoms. The van der Waals surface area contributed by atoms with E-state index in [1.165, 1.54) is 0 Å². The molecule has 5 nitrogen and oxygen atoms in total. The van der Waals surface area contributed by atoms with Gasteiger partial charge in [0.25, 0.3) is 5.91 Å². The SMILES string of the molecule is Cc1cc(C)cc(OCC(=O)Nc2cccc(-c3csc(-c4cccnc4)n3)c2)c1. The van der Waals surface area contributed by atoms with E-state index in [1.54, 1.807) is 23.7 Å². The highest BCUT2D eigenvalue weighted by Crippen LogP contribution is 2.29. The Morgan fingerprint density at radius 2 is 1.83 bits per heavy atom. The summed E-state index contributed by atoms with van der Waals surface area (Å²) in [5, 5.41) is 5.81. The Labute approximate surface area is 179 Å². The summed E-state index contributed by atoms with van der Waals surface area (Å²) in [6, 6.07) is 17.4. The molecule has 2 aromatic carbocycles. The maximum absolute atomic E-state index is 12.3. The molecular weight excluding hydrogens is 394 g/mol. The van der Waals surface area contributed by atoms with Gasteiger partial charge in [-0.2, -0.15) is 0 Å². The highest BCUT2D eigenvalue weighted by atomic mass is 32.1. The number of hydrogen-bond donors (Lipinski definition) is 1. The van der Waals surface area contributed by atoms with Crippen LogP contribution in [0.2, 0.25) is 0 Å². The zero-order valence-corrected chi connectivity index (χ0v) is 17.6. The van der Waals surface area contributed by atoms with E-state index in [2.05, 4.69) is 16.4 Å². The van der Waals surface area contributed by atoms with Crippen LogP contribution in [-0.2, 0) is 4.79 Å². The molecule has 0 saturated heterocycles. The molecular formula is C24H21N3O2S. The molecule has 0 atom stereocenters. The van der Waals surface area contributed by atoms with Gasteiger partial charge in [0.1, 0.15) is 10.8 Å². The number of hydrogen-bond acceptors (Lipinski definition) is 5. The van der Waals surface area contributed by atoms with Gasteiger partial charge in [-0.3, -0.25) is 9.78 Å². The molecule has 1 N–H and O–H groups in total. The standard InChI is InChI=1S/C24H21N3O2S/c1-16-9-17(2)11-21(10-16)29-14-23(28)26-20-7-3-5-18(12-20)22-15-30-24(27-22)19-6-4-8-25-13-19/h3-13,15H,14H2,1-2H3,(H,26,28). The second-order valence-corrected chi connectivity index (χ2v) is 7.88. The second kappa shape index (κ2) is 8.88. The van der Waals surface area contributed by atoms with E-state index in [9.17, 15) is 4.79 Å². The molecule has 0 bridgehead atoms. The van der Waals surface area contributed by atoms with Gasteiger partial charge < -0.3 is 10.1 Å². The molecule has 0 unspecified atom stereocenters. The highest BCUT2D eigenvalue weighted by Gasteiger charge is 2.09. The second-order valence-electron chi connectivity index (χ2n) is 7.02. The van der Waals surface area contributed by atoms with Crippen LogP contribution < -0.4 is 10.1 Å². The maximum Gasteiger partial charge on any atom is 0.262 e. The molecule has 0 spiro atoms. The van der Waals surface area contributed by atoms with Crippen LogP contribution in [0.1, 0.15) is 11.1 Å². The lowest BCUT2D eigenvalue weighted by molar-refractivity contribution is -0.118. The van der Waals surface area contributed by atoms with E-state index < -0.39 is 0 Å². The zero-order valence-electron chi connectivity index (χ0n) is 16.8. The minimum Gasteiger partial charge on any atom is -0.484 e. The summed E-state index contributed by atoms with van der Waals surface area (Å²) in [5.74, 6) is 0.488. The first-order valence-corrected chi connectivity index (χ1v) is 10.4. The molecule has 0 fully saturated rings. The molecule has 0 saturated carbocycles. The average Bonchev–Trinajstić information content (AvgIpc) is 3.23. The van der Waals surface area contributed by atoms with Gasteiger partial charge in [-0.1, -0.05) is 18.2 Å². The molecule has 1 amide bonds. The Balaban J connectivity index is 1.42.